The fourth-order valence-electron chi connectivity index (χ4n) is 3.18. The van der Waals surface area contributed by atoms with Gasteiger partial charge in [-0.15, -0.1) is 23.1 Å². The molecule has 0 radical (unpaired) electrons. The minimum absolute atomic E-state index is 0.0887. The molecule has 2 amide bonds. The lowest BCUT2D eigenvalue weighted by atomic mass is 10.0. The first-order valence-corrected chi connectivity index (χ1v) is 10.9. The summed E-state index contributed by atoms with van der Waals surface area (Å²) < 4.78 is 19.1. The Hall–Kier alpha value is -2.65. The maximum Gasteiger partial charge on any atom is 0.260 e. The number of carbonyl (C=O) groups excluding carboxylic acids is 2. The Labute approximate surface area is 174 Å². The smallest absolute Gasteiger partial charge is 0.260 e. The lowest BCUT2D eigenvalue weighted by Crippen LogP contribution is -2.32. The number of benzene rings is 1. The molecule has 150 valence electrons. The number of fused-ring (bicyclic) bond motifs is 1. The molecule has 2 aromatic heterocycles. The minimum Gasteiger partial charge on any atom is -0.469 e. The van der Waals surface area contributed by atoms with Gasteiger partial charge in [0.2, 0.25) is 5.91 Å². The number of thioether (sulfide) groups is 1. The average molecular weight is 432 g/mol. The van der Waals surface area contributed by atoms with Crippen LogP contribution in [0.1, 0.15) is 39.8 Å². The van der Waals surface area contributed by atoms with Crippen LogP contribution >= 0.6 is 23.1 Å². The van der Waals surface area contributed by atoms with Crippen molar-refractivity contribution in [3.63, 3.8) is 0 Å². The molecule has 3 aromatic rings. The number of hydrogen-bond acceptors (Lipinski definition) is 6. The van der Waals surface area contributed by atoms with Crippen molar-refractivity contribution < 1.29 is 18.4 Å². The molecule has 0 bridgehead atoms. The van der Waals surface area contributed by atoms with Gasteiger partial charge in [0.15, 0.2) is 5.13 Å². The van der Waals surface area contributed by atoms with Crippen LogP contribution in [0.4, 0.5) is 9.52 Å². The predicted molar refractivity (Wildman–Crippen MR) is 110 cm³/mol. The third-order valence-electron chi connectivity index (χ3n) is 4.58. The summed E-state index contributed by atoms with van der Waals surface area (Å²) in [6.45, 7) is 1.71. The number of nitrogens with zero attached hydrogens (tertiary/aromatic N) is 1. The molecule has 2 N–H and O–H groups in total. The number of anilines is 1. The van der Waals surface area contributed by atoms with E-state index in [2.05, 4.69) is 15.6 Å². The van der Waals surface area contributed by atoms with Crippen LogP contribution in [0, 0.1) is 12.7 Å². The Bertz CT molecular complexity index is 1060. The van der Waals surface area contributed by atoms with E-state index in [9.17, 15) is 14.0 Å². The molecule has 3 heterocycles. The van der Waals surface area contributed by atoms with Crippen molar-refractivity contribution in [2.75, 3.05) is 11.1 Å². The Balaban J connectivity index is 1.37. The van der Waals surface area contributed by atoms with Gasteiger partial charge in [-0.25, -0.2) is 9.37 Å². The summed E-state index contributed by atoms with van der Waals surface area (Å²) in [5, 5.41) is 7.84. The van der Waals surface area contributed by atoms with Gasteiger partial charge in [0.25, 0.3) is 5.91 Å². The highest BCUT2D eigenvalue weighted by atomic mass is 32.2. The van der Waals surface area contributed by atoms with E-state index in [1.165, 1.54) is 35.4 Å². The third kappa shape index (κ3) is 4.35. The van der Waals surface area contributed by atoms with Gasteiger partial charge < -0.3 is 9.73 Å². The van der Waals surface area contributed by atoms with E-state index in [4.69, 9.17) is 4.42 Å². The number of amides is 2. The summed E-state index contributed by atoms with van der Waals surface area (Å²) in [5.74, 6) is 0.533. The monoisotopic (exact) mass is 431 g/mol. The molecular formula is C20H18FN3O3S2. The highest BCUT2D eigenvalue weighted by Crippen LogP contribution is 2.37. The molecule has 1 aliphatic rings. The SMILES string of the molecule is Cc1occc1C(=O)Nc1nc(CC(=O)NC2CCSc3c(F)cccc32)cs1. The maximum atomic E-state index is 14.0. The molecule has 9 heteroatoms. The Morgan fingerprint density at radius 2 is 2.21 bits per heavy atom. The standard InChI is InChI=1S/C20H18FN3O3S2/c1-11-13(5-7-27-11)19(26)24-20-22-12(10-29-20)9-17(25)23-16-6-8-28-18-14(16)3-2-4-15(18)21/h2-5,7,10,16H,6,8-9H2,1H3,(H,23,25)(H,22,24,26). The Morgan fingerprint density at radius 3 is 3.00 bits per heavy atom. The van der Waals surface area contributed by atoms with Crippen LogP contribution in [0.25, 0.3) is 0 Å². The number of aromatic nitrogens is 1. The van der Waals surface area contributed by atoms with Crippen LogP contribution in [-0.2, 0) is 11.2 Å². The van der Waals surface area contributed by atoms with E-state index in [-0.39, 0.29) is 30.1 Å². The number of carbonyl (C=O) groups is 2. The molecular weight excluding hydrogens is 413 g/mol. The lowest BCUT2D eigenvalue weighted by molar-refractivity contribution is -0.121. The number of thiazole rings is 1. The van der Waals surface area contributed by atoms with Crippen LogP contribution in [-0.4, -0.2) is 22.6 Å². The molecule has 0 spiro atoms. The van der Waals surface area contributed by atoms with Crippen molar-refractivity contribution in [2.45, 2.75) is 30.7 Å². The number of aryl methyl sites for hydroxylation is 1. The average Bonchev–Trinajstić information content (AvgIpc) is 3.31. The van der Waals surface area contributed by atoms with E-state index in [1.54, 1.807) is 24.4 Å². The van der Waals surface area contributed by atoms with Crippen LogP contribution < -0.4 is 10.6 Å². The van der Waals surface area contributed by atoms with Crippen LogP contribution in [0.5, 0.6) is 0 Å². The van der Waals surface area contributed by atoms with Gasteiger partial charge in [-0.3, -0.25) is 14.9 Å². The van der Waals surface area contributed by atoms with Gasteiger partial charge in [-0.05, 0) is 31.0 Å². The largest absolute Gasteiger partial charge is 0.469 e. The highest BCUT2D eigenvalue weighted by Gasteiger charge is 2.24. The van der Waals surface area contributed by atoms with Gasteiger partial charge in [0.1, 0.15) is 11.6 Å². The first kappa shape index (κ1) is 19.7. The summed E-state index contributed by atoms with van der Waals surface area (Å²) in [5.41, 5.74) is 1.83. The van der Waals surface area contributed by atoms with Gasteiger partial charge in [-0.1, -0.05) is 12.1 Å². The number of halogens is 1. The van der Waals surface area contributed by atoms with Crippen molar-refractivity contribution in [1.29, 1.82) is 0 Å². The summed E-state index contributed by atoms with van der Waals surface area (Å²) in [6.07, 6.45) is 2.29. The van der Waals surface area contributed by atoms with Gasteiger partial charge in [-0.2, -0.15) is 0 Å². The normalized spacial score (nSPS) is 15.6. The molecule has 4 rings (SSSR count). The van der Waals surface area contributed by atoms with Crippen molar-refractivity contribution >= 4 is 40.0 Å². The van der Waals surface area contributed by atoms with E-state index in [1.807, 2.05) is 6.07 Å². The second kappa shape index (κ2) is 8.38. The molecule has 1 aliphatic heterocycles. The van der Waals surface area contributed by atoms with Crippen LogP contribution in [0.3, 0.4) is 0 Å². The first-order chi connectivity index (χ1) is 14.0. The predicted octanol–water partition coefficient (Wildman–Crippen LogP) is 4.33. The zero-order valence-electron chi connectivity index (χ0n) is 15.5. The van der Waals surface area contributed by atoms with E-state index < -0.39 is 0 Å². The summed E-state index contributed by atoms with van der Waals surface area (Å²) in [6, 6.07) is 6.33. The van der Waals surface area contributed by atoms with E-state index in [0.717, 1.165) is 17.7 Å². The second-order valence-electron chi connectivity index (χ2n) is 6.58. The number of furan rings is 1. The van der Waals surface area contributed by atoms with Crippen molar-refractivity contribution in [3.8, 4) is 0 Å². The fraction of sp³-hybridized carbons (Fsp3) is 0.250. The molecule has 1 aromatic carbocycles. The number of hydrogen-bond donors (Lipinski definition) is 2. The maximum absolute atomic E-state index is 14.0. The van der Waals surface area contributed by atoms with Crippen molar-refractivity contribution in [1.82, 2.24) is 10.3 Å². The van der Waals surface area contributed by atoms with Crippen molar-refractivity contribution in [2.24, 2.45) is 0 Å². The Morgan fingerprint density at radius 1 is 1.34 bits per heavy atom. The first-order valence-electron chi connectivity index (χ1n) is 9.01. The third-order valence-corrected chi connectivity index (χ3v) is 6.54. The van der Waals surface area contributed by atoms with Gasteiger partial charge in [0.05, 0.1) is 30.0 Å². The molecule has 0 saturated heterocycles. The summed E-state index contributed by atoms with van der Waals surface area (Å²) in [7, 11) is 0. The topological polar surface area (TPSA) is 84.2 Å². The molecule has 6 nitrogen and oxygen atoms in total. The molecule has 1 atom stereocenters. The van der Waals surface area contributed by atoms with Gasteiger partial charge in [0, 0.05) is 16.0 Å². The zero-order valence-corrected chi connectivity index (χ0v) is 17.2. The molecule has 0 fully saturated rings. The molecule has 0 saturated carbocycles. The zero-order chi connectivity index (χ0) is 20.4. The summed E-state index contributed by atoms with van der Waals surface area (Å²) in [4.78, 5) is 29.6. The van der Waals surface area contributed by atoms with Crippen molar-refractivity contribution in [3.05, 3.63) is 64.3 Å². The number of nitrogens with one attached hydrogen (secondary N) is 2. The van der Waals surface area contributed by atoms with Crippen LogP contribution in [0.2, 0.25) is 0 Å². The number of rotatable bonds is 5. The highest BCUT2D eigenvalue weighted by molar-refractivity contribution is 7.99. The fourth-order valence-corrected chi connectivity index (χ4v) is 5.02. The van der Waals surface area contributed by atoms with Gasteiger partial charge >= 0.3 is 0 Å². The quantitative estimate of drug-likeness (QED) is 0.628. The Kier molecular flexibility index (Phi) is 5.68. The summed E-state index contributed by atoms with van der Waals surface area (Å²) >= 11 is 2.73. The molecule has 1 unspecified atom stereocenters. The lowest BCUT2D eigenvalue weighted by Gasteiger charge is -2.26. The second-order valence-corrected chi connectivity index (χ2v) is 8.54. The molecule has 0 aliphatic carbocycles. The molecule has 29 heavy (non-hydrogen) atoms. The van der Waals surface area contributed by atoms with Crippen LogP contribution in [0.15, 0.2) is 45.2 Å². The minimum atomic E-state index is -0.306. The van der Waals surface area contributed by atoms with E-state index >= 15 is 0 Å². The van der Waals surface area contributed by atoms with E-state index in [0.29, 0.717) is 27.0 Å².